The summed E-state index contributed by atoms with van der Waals surface area (Å²) in [7, 11) is 0. The number of carbonyl (C=O) groups is 1. The molecule has 0 spiro atoms. The molecule has 4 nitrogen and oxygen atoms in total. The number of aromatic nitrogens is 2. The van der Waals surface area contributed by atoms with Crippen molar-refractivity contribution in [2.75, 3.05) is 0 Å². The number of nitrogens with one attached hydrogen (secondary N) is 1. The van der Waals surface area contributed by atoms with Gasteiger partial charge in [0.05, 0.1) is 11.8 Å². The lowest BCUT2D eigenvalue weighted by Crippen LogP contribution is -2.12. The topological polar surface area (TPSA) is 71.8 Å². The summed E-state index contributed by atoms with van der Waals surface area (Å²) in [5, 5.41) is 0. The summed E-state index contributed by atoms with van der Waals surface area (Å²) in [4.78, 5) is 17.3. The quantitative estimate of drug-likeness (QED) is 0.895. The predicted octanol–water partition coefficient (Wildman–Crippen LogP) is 2.12. The van der Waals surface area contributed by atoms with Gasteiger partial charge in [-0.25, -0.2) is 4.98 Å². The fourth-order valence-corrected chi connectivity index (χ4v) is 1.71. The van der Waals surface area contributed by atoms with Gasteiger partial charge >= 0.3 is 6.18 Å². The Kier molecular flexibility index (Phi) is 3.28. The van der Waals surface area contributed by atoms with Gasteiger partial charge in [0.1, 0.15) is 11.5 Å². The number of H-pyrrole nitrogens is 1. The number of hydrogen-bond acceptors (Lipinski definition) is 2. The molecule has 0 aliphatic carbocycles. The fraction of sp³-hybridized carbons (Fsp3) is 0.167. The molecule has 0 saturated heterocycles. The molecule has 0 aliphatic heterocycles. The molecule has 1 amide bonds. The van der Waals surface area contributed by atoms with Gasteiger partial charge in [-0.3, -0.25) is 4.79 Å². The first-order valence-electron chi connectivity index (χ1n) is 5.36. The van der Waals surface area contributed by atoms with E-state index in [0.717, 1.165) is 6.07 Å². The van der Waals surface area contributed by atoms with Crippen LogP contribution in [0.1, 0.15) is 27.4 Å². The number of halogens is 3. The summed E-state index contributed by atoms with van der Waals surface area (Å²) < 4.78 is 38.3. The van der Waals surface area contributed by atoms with Crippen molar-refractivity contribution in [3.05, 3.63) is 53.1 Å². The summed E-state index contributed by atoms with van der Waals surface area (Å²) in [6, 6.07) is 5.22. The number of amides is 1. The molecule has 0 atom stereocenters. The molecule has 0 radical (unpaired) electrons. The fourth-order valence-electron chi connectivity index (χ4n) is 1.71. The van der Waals surface area contributed by atoms with Gasteiger partial charge in [-0.15, -0.1) is 0 Å². The zero-order chi connectivity index (χ0) is 14.0. The van der Waals surface area contributed by atoms with Crippen LogP contribution in [0, 0.1) is 0 Å². The zero-order valence-corrected chi connectivity index (χ0v) is 9.66. The second kappa shape index (κ2) is 4.75. The van der Waals surface area contributed by atoms with Gasteiger partial charge in [-0.05, 0) is 11.6 Å². The number of carbonyl (C=O) groups excluding carboxylic acids is 1. The molecule has 7 heteroatoms. The lowest BCUT2D eigenvalue weighted by Gasteiger charge is -2.11. The minimum atomic E-state index is -4.42. The molecular weight excluding hydrogens is 259 g/mol. The Morgan fingerprint density at radius 2 is 2.00 bits per heavy atom. The lowest BCUT2D eigenvalue weighted by atomic mass is 10.0. The molecule has 0 aliphatic rings. The summed E-state index contributed by atoms with van der Waals surface area (Å²) in [5.41, 5.74) is 4.47. The van der Waals surface area contributed by atoms with Crippen molar-refractivity contribution in [3.8, 4) is 0 Å². The van der Waals surface area contributed by atoms with Crippen molar-refractivity contribution in [3.63, 3.8) is 0 Å². The minimum Gasteiger partial charge on any atom is -0.364 e. The highest BCUT2D eigenvalue weighted by molar-refractivity contribution is 5.90. The van der Waals surface area contributed by atoms with E-state index in [1.165, 1.54) is 24.4 Å². The van der Waals surface area contributed by atoms with E-state index in [4.69, 9.17) is 5.73 Å². The highest BCUT2D eigenvalue weighted by Gasteiger charge is 2.32. The van der Waals surface area contributed by atoms with Gasteiger partial charge in [-0.2, -0.15) is 13.2 Å². The highest BCUT2D eigenvalue weighted by atomic mass is 19.4. The van der Waals surface area contributed by atoms with Crippen molar-refractivity contribution in [1.29, 1.82) is 0 Å². The number of benzene rings is 1. The number of primary amides is 1. The molecule has 3 N–H and O–H groups in total. The number of rotatable bonds is 3. The van der Waals surface area contributed by atoms with Gasteiger partial charge in [-0.1, -0.05) is 18.2 Å². The number of imidazole rings is 1. The van der Waals surface area contributed by atoms with Crippen LogP contribution < -0.4 is 5.73 Å². The van der Waals surface area contributed by atoms with Crippen molar-refractivity contribution in [1.82, 2.24) is 9.97 Å². The standard InChI is InChI=1S/C12H10F3N3O/c13-12(14,15)8-4-2-1-3-7(8)5-10-17-6-9(18-10)11(16)19/h1-4,6H,5H2,(H2,16,19)(H,17,18). The predicted molar refractivity (Wildman–Crippen MR) is 61.4 cm³/mol. The maximum absolute atomic E-state index is 12.8. The van der Waals surface area contributed by atoms with E-state index in [9.17, 15) is 18.0 Å². The minimum absolute atomic E-state index is 0.0526. The van der Waals surface area contributed by atoms with E-state index in [2.05, 4.69) is 9.97 Å². The Morgan fingerprint density at radius 3 is 2.58 bits per heavy atom. The summed E-state index contributed by atoms with van der Waals surface area (Å²) in [6.07, 6.45) is -3.27. The van der Waals surface area contributed by atoms with Crippen LogP contribution in [0.4, 0.5) is 13.2 Å². The summed E-state index contributed by atoms with van der Waals surface area (Å²) >= 11 is 0. The van der Waals surface area contributed by atoms with Crippen LogP contribution in [0.3, 0.4) is 0 Å². The van der Waals surface area contributed by atoms with Crippen LogP contribution in [0.2, 0.25) is 0 Å². The molecule has 0 unspecified atom stereocenters. The number of alkyl halides is 3. The van der Waals surface area contributed by atoms with E-state index in [-0.39, 0.29) is 23.5 Å². The number of nitrogens with zero attached hydrogens (tertiary/aromatic N) is 1. The van der Waals surface area contributed by atoms with E-state index in [1.807, 2.05) is 0 Å². The van der Waals surface area contributed by atoms with Gasteiger partial charge < -0.3 is 10.7 Å². The maximum Gasteiger partial charge on any atom is 0.416 e. The molecule has 1 aromatic heterocycles. The molecule has 1 heterocycles. The summed E-state index contributed by atoms with van der Waals surface area (Å²) in [6.45, 7) is 0. The number of aromatic amines is 1. The van der Waals surface area contributed by atoms with Crippen LogP contribution in [0.15, 0.2) is 30.5 Å². The van der Waals surface area contributed by atoms with E-state index in [0.29, 0.717) is 0 Å². The van der Waals surface area contributed by atoms with Crippen LogP contribution >= 0.6 is 0 Å². The first-order chi connectivity index (χ1) is 8.88. The Morgan fingerprint density at radius 1 is 1.32 bits per heavy atom. The average molecular weight is 269 g/mol. The van der Waals surface area contributed by atoms with Crippen LogP contribution in [-0.4, -0.2) is 15.9 Å². The smallest absolute Gasteiger partial charge is 0.364 e. The zero-order valence-electron chi connectivity index (χ0n) is 9.66. The molecule has 0 bridgehead atoms. The molecule has 100 valence electrons. The second-order valence-corrected chi connectivity index (χ2v) is 3.94. The number of hydrogen-bond donors (Lipinski definition) is 2. The van der Waals surface area contributed by atoms with Crippen LogP contribution in [0.5, 0.6) is 0 Å². The van der Waals surface area contributed by atoms with Gasteiger partial charge in [0.15, 0.2) is 0 Å². The molecule has 19 heavy (non-hydrogen) atoms. The number of nitrogens with two attached hydrogens (primary N) is 1. The maximum atomic E-state index is 12.8. The third kappa shape index (κ3) is 2.93. The van der Waals surface area contributed by atoms with Crippen molar-refractivity contribution >= 4 is 5.91 Å². The SMILES string of the molecule is NC(=O)c1cnc(Cc2ccccc2C(F)(F)F)[nH]1. The van der Waals surface area contributed by atoms with Crippen LogP contribution in [-0.2, 0) is 12.6 Å². The molecule has 2 aromatic rings. The van der Waals surface area contributed by atoms with E-state index < -0.39 is 17.6 Å². The second-order valence-electron chi connectivity index (χ2n) is 3.94. The van der Waals surface area contributed by atoms with Gasteiger partial charge in [0.2, 0.25) is 0 Å². The third-order valence-corrected chi connectivity index (χ3v) is 2.57. The Hall–Kier alpha value is -2.31. The largest absolute Gasteiger partial charge is 0.416 e. The van der Waals surface area contributed by atoms with Crippen molar-refractivity contribution in [2.45, 2.75) is 12.6 Å². The summed E-state index contributed by atoms with van der Waals surface area (Å²) in [5.74, 6) is -0.451. The molecule has 2 rings (SSSR count). The molecule has 0 saturated carbocycles. The van der Waals surface area contributed by atoms with Gasteiger partial charge in [0.25, 0.3) is 5.91 Å². The molecule has 0 fully saturated rings. The Balaban J connectivity index is 2.30. The van der Waals surface area contributed by atoms with E-state index >= 15 is 0 Å². The first kappa shape index (κ1) is 13.1. The molecular formula is C12H10F3N3O. The third-order valence-electron chi connectivity index (χ3n) is 2.57. The van der Waals surface area contributed by atoms with E-state index in [1.54, 1.807) is 0 Å². The van der Waals surface area contributed by atoms with Crippen molar-refractivity contribution < 1.29 is 18.0 Å². The first-order valence-corrected chi connectivity index (χ1v) is 5.36. The molecule has 1 aromatic carbocycles. The Bertz CT molecular complexity index is 604. The van der Waals surface area contributed by atoms with Gasteiger partial charge in [0, 0.05) is 6.42 Å². The highest BCUT2D eigenvalue weighted by Crippen LogP contribution is 2.32. The lowest BCUT2D eigenvalue weighted by molar-refractivity contribution is -0.138. The monoisotopic (exact) mass is 269 g/mol. The average Bonchev–Trinajstić information content (AvgIpc) is 2.77. The van der Waals surface area contributed by atoms with Crippen molar-refractivity contribution in [2.24, 2.45) is 5.73 Å². The normalized spacial score (nSPS) is 11.5. The van der Waals surface area contributed by atoms with Crippen LogP contribution in [0.25, 0.3) is 0 Å². The Labute approximate surface area is 106 Å².